The minimum atomic E-state index is -0.642. The van der Waals surface area contributed by atoms with Gasteiger partial charge in [-0.05, 0) is 52.9 Å². The smallest absolute Gasteiger partial charge is 0.224 e. The van der Waals surface area contributed by atoms with Crippen LogP contribution in [-0.2, 0) is 17.6 Å². The molecule has 0 fully saturated rings. The molecule has 5 heteroatoms. The van der Waals surface area contributed by atoms with Gasteiger partial charge in [0.1, 0.15) is 5.75 Å². The standard InChI is InChI=1S/C18H20N2O2S/c1-18(17(19)21,8-12-6-7-23-11-12)9-13-10-20-14-4-3-5-15(22-2)16(13)14/h3-7,10-11,20H,8-9H2,1-2H3,(H2,19,21)/t18-/m1/s1. The maximum atomic E-state index is 12.1. The largest absolute Gasteiger partial charge is 0.496 e. The molecule has 2 aromatic heterocycles. The number of hydrogen-bond donors (Lipinski definition) is 2. The van der Waals surface area contributed by atoms with Gasteiger partial charge in [-0.1, -0.05) is 13.0 Å². The summed E-state index contributed by atoms with van der Waals surface area (Å²) in [6.07, 6.45) is 3.15. The number of hydrogen-bond acceptors (Lipinski definition) is 3. The summed E-state index contributed by atoms with van der Waals surface area (Å²) >= 11 is 1.63. The van der Waals surface area contributed by atoms with Crippen molar-refractivity contribution in [3.05, 3.63) is 52.3 Å². The number of amides is 1. The lowest BCUT2D eigenvalue weighted by Crippen LogP contribution is -2.38. The molecule has 120 valence electrons. The van der Waals surface area contributed by atoms with Crippen molar-refractivity contribution in [2.45, 2.75) is 19.8 Å². The van der Waals surface area contributed by atoms with Gasteiger partial charge in [-0.2, -0.15) is 11.3 Å². The highest BCUT2D eigenvalue weighted by molar-refractivity contribution is 7.07. The van der Waals surface area contributed by atoms with Gasteiger partial charge < -0.3 is 15.5 Å². The van der Waals surface area contributed by atoms with Crippen LogP contribution >= 0.6 is 11.3 Å². The average molecular weight is 328 g/mol. The Labute approximate surface area is 139 Å². The fourth-order valence-corrected chi connectivity index (χ4v) is 3.70. The number of methoxy groups -OCH3 is 1. The molecule has 1 aromatic carbocycles. The molecule has 0 radical (unpaired) electrons. The first-order chi connectivity index (χ1) is 11.0. The number of carbonyl (C=O) groups is 1. The van der Waals surface area contributed by atoms with Gasteiger partial charge >= 0.3 is 0 Å². The lowest BCUT2D eigenvalue weighted by molar-refractivity contribution is -0.126. The number of rotatable bonds is 6. The van der Waals surface area contributed by atoms with Gasteiger partial charge in [0, 0.05) is 17.1 Å². The van der Waals surface area contributed by atoms with E-state index in [1.54, 1.807) is 18.4 Å². The van der Waals surface area contributed by atoms with Crippen LogP contribution < -0.4 is 10.5 Å². The van der Waals surface area contributed by atoms with E-state index in [0.717, 1.165) is 27.8 Å². The number of thiophene rings is 1. The van der Waals surface area contributed by atoms with Crippen molar-refractivity contribution in [1.82, 2.24) is 4.98 Å². The second-order valence-electron chi connectivity index (χ2n) is 6.11. The maximum absolute atomic E-state index is 12.1. The summed E-state index contributed by atoms with van der Waals surface area (Å²) in [6, 6.07) is 7.92. The van der Waals surface area contributed by atoms with E-state index in [4.69, 9.17) is 10.5 Å². The monoisotopic (exact) mass is 328 g/mol. The molecule has 0 saturated carbocycles. The summed E-state index contributed by atoms with van der Waals surface area (Å²) in [4.78, 5) is 15.4. The summed E-state index contributed by atoms with van der Waals surface area (Å²) in [5, 5.41) is 5.11. The Morgan fingerprint density at radius 2 is 2.17 bits per heavy atom. The number of fused-ring (bicyclic) bond motifs is 1. The second-order valence-corrected chi connectivity index (χ2v) is 6.89. The zero-order valence-electron chi connectivity index (χ0n) is 13.3. The molecule has 0 spiro atoms. The number of benzene rings is 1. The van der Waals surface area contributed by atoms with Crippen LogP contribution in [0.2, 0.25) is 0 Å². The van der Waals surface area contributed by atoms with Crippen molar-refractivity contribution in [2.75, 3.05) is 7.11 Å². The van der Waals surface area contributed by atoms with Crippen LogP contribution in [0.3, 0.4) is 0 Å². The molecule has 0 aliphatic rings. The number of nitrogens with two attached hydrogens (primary N) is 1. The van der Waals surface area contributed by atoms with Crippen LogP contribution in [0, 0.1) is 5.41 Å². The molecule has 0 aliphatic carbocycles. The van der Waals surface area contributed by atoms with Crippen molar-refractivity contribution < 1.29 is 9.53 Å². The Morgan fingerprint density at radius 3 is 2.83 bits per heavy atom. The topological polar surface area (TPSA) is 68.1 Å². The lowest BCUT2D eigenvalue weighted by atomic mass is 9.78. The van der Waals surface area contributed by atoms with E-state index in [9.17, 15) is 4.79 Å². The van der Waals surface area contributed by atoms with Gasteiger partial charge in [-0.15, -0.1) is 0 Å². The van der Waals surface area contributed by atoms with Crippen molar-refractivity contribution in [3.63, 3.8) is 0 Å². The first-order valence-corrected chi connectivity index (χ1v) is 8.42. The van der Waals surface area contributed by atoms with E-state index in [0.29, 0.717) is 12.8 Å². The average Bonchev–Trinajstić information content (AvgIpc) is 3.17. The zero-order valence-corrected chi connectivity index (χ0v) is 14.1. The van der Waals surface area contributed by atoms with Gasteiger partial charge in [0.05, 0.1) is 12.5 Å². The predicted molar refractivity (Wildman–Crippen MR) is 93.9 cm³/mol. The molecule has 0 unspecified atom stereocenters. The zero-order chi connectivity index (χ0) is 16.4. The first kappa shape index (κ1) is 15.6. The third kappa shape index (κ3) is 2.97. The van der Waals surface area contributed by atoms with Crippen LogP contribution in [-0.4, -0.2) is 18.0 Å². The van der Waals surface area contributed by atoms with Crippen LogP contribution in [0.15, 0.2) is 41.2 Å². The fourth-order valence-electron chi connectivity index (χ4n) is 3.03. The van der Waals surface area contributed by atoms with Crippen LogP contribution in [0.25, 0.3) is 10.9 Å². The van der Waals surface area contributed by atoms with E-state index in [2.05, 4.69) is 10.4 Å². The number of nitrogens with one attached hydrogen (secondary N) is 1. The quantitative estimate of drug-likeness (QED) is 0.727. The fraction of sp³-hybridized carbons (Fsp3) is 0.278. The molecule has 3 aromatic rings. The van der Waals surface area contributed by atoms with E-state index in [1.807, 2.05) is 42.8 Å². The first-order valence-electron chi connectivity index (χ1n) is 7.47. The molecule has 2 heterocycles. The Hall–Kier alpha value is -2.27. The van der Waals surface area contributed by atoms with E-state index in [1.165, 1.54) is 0 Å². The molecule has 3 N–H and O–H groups in total. The highest BCUT2D eigenvalue weighted by atomic mass is 32.1. The lowest BCUT2D eigenvalue weighted by Gasteiger charge is -2.25. The Bertz CT molecular complexity index is 823. The molecule has 0 saturated heterocycles. The highest BCUT2D eigenvalue weighted by Gasteiger charge is 2.33. The van der Waals surface area contributed by atoms with Gasteiger partial charge in [0.15, 0.2) is 0 Å². The van der Waals surface area contributed by atoms with Crippen molar-refractivity contribution in [3.8, 4) is 5.75 Å². The van der Waals surface area contributed by atoms with E-state index >= 15 is 0 Å². The number of aromatic amines is 1. The summed E-state index contributed by atoms with van der Waals surface area (Å²) in [7, 11) is 1.66. The SMILES string of the molecule is COc1cccc2[nH]cc(C[C@@](C)(Cc3ccsc3)C(N)=O)c12. The molecule has 3 rings (SSSR count). The van der Waals surface area contributed by atoms with E-state index in [-0.39, 0.29) is 5.91 Å². The number of ether oxygens (including phenoxy) is 1. The van der Waals surface area contributed by atoms with Crippen molar-refractivity contribution >= 4 is 28.1 Å². The summed E-state index contributed by atoms with van der Waals surface area (Å²) in [6.45, 7) is 1.93. The van der Waals surface area contributed by atoms with Crippen molar-refractivity contribution in [1.29, 1.82) is 0 Å². The summed E-state index contributed by atoms with van der Waals surface area (Å²) < 4.78 is 5.47. The van der Waals surface area contributed by atoms with Crippen LogP contribution in [0.1, 0.15) is 18.1 Å². The Morgan fingerprint density at radius 1 is 1.35 bits per heavy atom. The molecule has 0 bridgehead atoms. The van der Waals surface area contributed by atoms with Gasteiger partial charge in [-0.3, -0.25) is 4.79 Å². The third-order valence-electron chi connectivity index (χ3n) is 4.32. The molecular weight excluding hydrogens is 308 g/mol. The molecule has 1 atom stereocenters. The van der Waals surface area contributed by atoms with Crippen LogP contribution in [0.5, 0.6) is 5.75 Å². The van der Waals surface area contributed by atoms with Gasteiger partial charge in [0.25, 0.3) is 0 Å². The summed E-state index contributed by atoms with van der Waals surface area (Å²) in [5.74, 6) is 0.522. The molecule has 0 aliphatic heterocycles. The number of H-pyrrole nitrogens is 1. The number of aromatic nitrogens is 1. The minimum absolute atomic E-state index is 0.284. The maximum Gasteiger partial charge on any atom is 0.224 e. The number of carbonyl (C=O) groups excluding carboxylic acids is 1. The molecule has 1 amide bonds. The predicted octanol–water partition coefficient (Wildman–Crippen LogP) is 3.51. The van der Waals surface area contributed by atoms with E-state index < -0.39 is 5.41 Å². The van der Waals surface area contributed by atoms with Crippen LogP contribution in [0.4, 0.5) is 0 Å². The second kappa shape index (κ2) is 6.08. The van der Waals surface area contributed by atoms with Crippen molar-refractivity contribution in [2.24, 2.45) is 11.1 Å². The van der Waals surface area contributed by atoms with Gasteiger partial charge in [-0.25, -0.2) is 0 Å². The molecular formula is C18H20N2O2S. The highest BCUT2D eigenvalue weighted by Crippen LogP contribution is 2.35. The Kier molecular flexibility index (Phi) is 4.13. The molecule has 4 nitrogen and oxygen atoms in total. The van der Waals surface area contributed by atoms with Gasteiger partial charge in [0.2, 0.25) is 5.91 Å². The third-order valence-corrected chi connectivity index (χ3v) is 5.05. The minimum Gasteiger partial charge on any atom is -0.496 e. The molecule has 23 heavy (non-hydrogen) atoms. The number of primary amides is 1. The normalized spacial score (nSPS) is 13.8. The summed E-state index contributed by atoms with van der Waals surface area (Å²) in [5.41, 5.74) is 8.29. The Balaban J connectivity index is 1.99.